The minimum atomic E-state index is 0.281. The van der Waals surface area contributed by atoms with Crippen LogP contribution < -0.4 is 9.47 Å². The van der Waals surface area contributed by atoms with Gasteiger partial charge in [0.05, 0.1) is 7.11 Å². The van der Waals surface area contributed by atoms with Gasteiger partial charge in [-0.3, -0.25) is 0 Å². The fourth-order valence-electron chi connectivity index (χ4n) is 2.43. The zero-order valence-electron chi connectivity index (χ0n) is 14.0. The molecule has 0 unspecified atom stereocenters. The van der Waals surface area contributed by atoms with Crippen molar-refractivity contribution < 1.29 is 18.4 Å². The van der Waals surface area contributed by atoms with Crippen LogP contribution in [-0.4, -0.2) is 22.5 Å². The summed E-state index contributed by atoms with van der Waals surface area (Å²) in [5, 5.41) is 11.6. The highest BCUT2D eigenvalue weighted by Gasteiger charge is 2.08. The van der Waals surface area contributed by atoms with Gasteiger partial charge in [0.2, 0.25) is 12.3 Å². The Morgan fingerprint density at radius 2 is 1.65 bits per heavy atom. The fourth-order valence-corrected chi connectivity index (χ4v) is 2.43. The van der Waals surface area contributed by atoms with Gasteiger partial charge >= 0.3 is 0 Å². The molecule has 26 heavy (non-hydrogen) atoms. The summed E-state index contributed by atoms with van der Waals surface area (Å²) in [4.78, 5) is 0. The van der Waals surface area contributed by atoms with Gasteiger partial charge in [-0.2, -0.15) is 0 Å². The lowest BCUT2D eigenvalue weighted by Gasteiger charge is -2.03. The van der Waals surface area contributed by atoms with E-state index in [4.69, 9.17) is 18.4 Å². The number of hydrogen-bond donors (Lipinski definition) is 0. The van der Waals surface area contributed by atoms with Crippen LogP contribution in [0.15, 0.2) is 69.9 Å². The molecule has 0 fully saturated rings. The van der Waals surface area contributed by atoms with E-state index in [9.17, 15) is 0 Å². The third-order valence-electron chi connectivity index (χ3n) is 3.79. The van der Waals surface area contributed by atoms with Crippen LogP contribution in [-0.2, 0) is 6.61 Å². The highest BCUT2D eigenvalue weighted by Crippen LogP contribution is 2.24. The van der Waals surface area contributed by atoms with Crippen LogP contribution in [0.5, 0.6) is 11.5 Å². The number of nitrogens with zero attached hydrogens (tertiary/aromatic N) is 3. The first-order valence-corrected chi connectivity index (χ1v) is 7.91. The van der Waals surface area contributed by atoms with Gasteiger partial charge in [0, 0.05) is 17.2 Å². The number of rotatable bonds is 6. The molecule has 0 aliphatic rings. The predicted molar refractivity (Wildman–Crippen MR) is 92.6 cm³/mol. The van der Waals surface area contributed by atoms with E-state index >= 15 is 0 Å². The molecule has 130 valence electrons. The molecule has 0 aliphatic carbocycles. The first-order chi connectivity index (χ1) is 12.8. The molecule has 4 rings (SSSR count). The summed E-state index contributed by atoms with van der Waals surface area (Å²) in [5.41, 5.74) is 2.53. The smallest absolute Gasteiger partial charge is 0.247 e. The van der Waals surface area contributed by atoms with Gasteiger partial charge < -0.3 is 18.4 Å². The number of methoxy groups -OCH3 is 1. The molecule has 0 atom stereocenters. The molecule has 0 spiro atoms. The van der Waals surface area contributed by atoms with Crippen molar-refractivity contribution in [2.45, 2.75) is 6.61 Å². The highest BCUT2D eigenvalue weighted by molar-refractivity contribution is 5.59. The third-order valence-corrected chi connectivity index (χ3v) is 3.79. The normalized spacial score (nSPS) is 10.7. The quantitative estimate of drug-likeness (QED) is 0.520. The number of ether oxygens (including phenoxy) is 2. The van der Waals surface area contributed by atoms with Crippen LogP contribution in [0.1, 0.15) is 5.76 Å². The Balaban J connectivity index is 1.39. The molecule has 7 heteroatoms. The lowest BCUT2D eigenvalue weighted by atomic mass is 10.1. The Kier molecular flexibility index (Phi) is 4.34. The summed E-state index contributed by atoms with van der Waals surface area (Å²) in [6.45, 7) is 0.281. The molecule has 0 bridgehead atoms. The predicted octanol–water partition coefficient (Wildman–Crippen LogP) is 3.98. The van der Waals surface area contributed by atoms with Gasteiger partial charge in [0.15, 0.2) is 5.76 Å². The van der Waals surface area contributed by atoms with Crippen LogP contribution in [0, 0.1) is 0 Å². The Hall–Kier alpha value is -3.61. The molecule has 2 heterocycles. The number of benzene rings is 2. The molecular formula is C19H15N3O4. The third kappa shape index (κ3) is 3.41. The molecule has 0 radical (unpaired) electrons. The van der Waals surface area contributed by atoms with E-state index in [1.165, 1.54) is 6.39 Å². The Morgan fingerprint density at radius 3 is 2.35 bits per heavy atom. The van der Waals surface area contributed by atoms with E-state index in [0.29, 0.717) is 17.4 Å². The van der Waals surface area contributed by atoms with Crippen molar-refractivity contribution in [1.82, 2.24) is 15.4 Å². The lowest BCUT2D eigenvalue weighted by molar-refractivity contribution is 0.249. The van der Waals surface area contributed by atoms with Crippen LogP contribution in [0.3, 0.4) is 0 Å². The molecule has 0 saturated carbocycles. The molecule has 0 saturated heterocycles. The topological polar surface area (TPSA) is 83.4 Å². The van der Waals surface area contributed by atoms with Crippen molar-refractivity contribution in [2.75, 3.05) is 7.11 Å². The van der Waals surface area contributed by atoms with Crippen molar-refractivity contribution >= 4 is 0 Å². The summed E-state index contributed by atoms with van der Waals surface area (Å²) in [6, 6.07) is 16.8. The largest absolute Gasteiger partial charge is 0.497 e. The van der Waals surface area contributed by atoms with Crippen LogP contribution in [0.25, 0.3) is 22.7 Å². The van der Waals surface area contributed by atoms with E-state index in [1.54, 1.807) is 7.11 Å². The molecule has 0 N–H and O–H groups in total. The summed E-state index contributed by atoms with van der Waals surface area (Å²) in [6.07, 6.45) is 1.30. The second-order valence-electron chi connectivity index (χ2n) is 5.46. The van der Waals surface area contributed by atoms with Gasteiger partial charge in [-0.25, -0.2) is 0 Å². The first kappa shape index (κ1) is 15.9. The van der Waals surface area contributed by atoms with Gasteiger partial charge in [-0.05, 0) is 48.5 Å². The molecular weight excluding hydrogens is 334 g/mol. The van der Waals surface area contributed by atoms with Crippen molar-refractivity contribution in [3.63, 3.8) is 0 Å². The van der Waals surface area contributed by atoms with Gasteiger partial charge in [0.1, 0.15) is 23.8 Å². The van der Waals surface area contributed by atoms with Crippen molar-refractivity contribution in [2.24, 2.45) is 0 Å². The fraction of sp³-hybridized carbons (Fsp3) is 0.105. The second kappa shape index (κ2) is 7.10. The van der Waals surface area contributed by atoms with Gasteiger partial charge in [-0.15, -0.1) is 10.2 Å². The Morgan fingerprint density at radius 1 is 0.923 bits per heavy atom. The van der Waals surface area contributed by atoms with E-state index < -0.39 is 0 Å². The molecule has 2 aromatic heterocycles. The summed E-state index contributed by atoms with van der Waals surface area (Å²) < 4.78 is 21.4. The molecule has 0 amide bonds. The van der Waals surface area contributed by atoms with Crippen molar-refractivity contribution in [3.05, 3.63) is 66.8 Å². The Labute approximate surface area is 149 Å². The van der Waals surface area contributed by atoms with Crippen LogP contribution >= 0.6 is 0 Å². The second-order valence-corrected chi connectivity index (χ2v) is 5.46. The Bertz CT molecular complexity index is 961. The monoisotopic (exact) mass is 349 g/mol. The summed E-state index contributed by atoms with van der Waals surface area (Å²) in [7, 11) is 1.63. The highest BCUT2D eigenvalue weighted by atomic mass is 16.5. The van der Waals surface area contributed by atoms with Crippen molar-refractivity contribution in [3.8, 4) is 34.2 Å². The number of hydrogen-bond acceptors (Lipinski definition) is 7. The lowest BCUT2D eigenvalue weighted by Crippen LogP contribution is -1.93. The zero-order valence-corrected chi connectivity index (χ0v) is 14.0. The molecule has 7 nitrogen and oxygen atoms in total. The standard InChI is InChI=1S/C19H15N3O4/c1-23-15-6-2-13(3-7-15)18-10-17(26-22-18)11-24-16-8-4-14(5-9-16)19-21-20-12-25-19/h2-10,12H,11H2,1H3. The molecule has 2 aromatic carbocycles. The van der Waals surface area contributed by atoms with E-state index in [2.05, 4.69) is 15.4 Å². The van der Waals surface area contributed by atoms with E-state index in [-0.39, 0.29) is 6.61 Å². The van der Waals surface area contributed by atoms with E-state index in [1.807, 2.05) is 54.6 Å². The SMILES string of the molecule is COc1ccc(-c2cc(COc3ccc(-c4nnco4)cc3)on2)cc1. The van der Waals surface area contributed by atoms with Crippen LogP contribution in [0.4, 0.5) is 0 Å². The maximum absolute atomic E-state index is 5.73. The van der Waals surface area contributed by atoms with Crippen LogP contribution in [0.2, 0.25) is 0 Å². The minimum absolute atomic E-state index is 0.281. The summed E-state index contributed by atoms with van der Waals surface area (Å²) >= 11 is 0. The van der Waals surface area contributed by atoms with E-state index in [0.717, 1.165) is 22.6 Å². The number of aromatic nitrogens is 3. The average molecular weight is 349 g/mol. The molecule has 4 aromatic rings. The zero-order chi connectivity index (χ0) is 17.8. The van der Waals surface area contributed by atoms with Gasteiger partial charge in [0.25, 0.3) is 0 Å². The maximum Gasteiger partial charge on any atom is 0.247 e. The maximum atomic E-state index is 5.73. The minimum Gasteiger partial charge on any atom is -0.497 e. The summed E-state index contributed by atoms with van der Waals surface area (Å²) in [5.74, 6) is 2.60. The van der Waals surface area contributed by atoms with Crippen molar-refractivity contribution in [1.29, 1.82) is 0 Å². The molecule has 0 aliphatic heterocycles. The van der Waals surface area contributed by atoms with Gasteiger partial charge in [-0.1, -0.05) is 5.16 Å². The first-order valence-electron chi connectivity index (χ1n) is 7.91. The average Bonchev–Trinajstić information content (AvgIpc) is 3.39.